The van der Waals surface area contributed by atoms with Crippen molar-refractivity contribution in [3.05, 3.63) is 29.3 Å². The van der Waals surface area contributed by atoms with E-state index in [1.807, 2.05) is 12.1 Å². The predicted octanol–water partition coefficient (Wildman–Crippen LogP) is 3.84. The maximum Gasteiger partial charge on any atom is 0.186 e. The first kappa shape index (κ1) is 20.6. The van der Waals surface area contributed by atoms with E-state index in [0.717, 1.165) is 56.1 Å². The van der Waals surface area contributed by atoms with Gasteiger partial charge in [-0.15, -0.1) is 0 Å². The van der Waals surface area contributed by atoms with Gasteiger partial charge in [-0.3, -0.25) is 0 Å². The highest BCUT2D eigenvalue weighted by Crippen LogP contribution is 2.48. The van der Waals surface area contributed by atoms with E-state index in [9.17, 15) is 5.11 Å². The Bertz CT molecular complexity index is 586. The Labute approximate surface area is 163 Å². The first-order chi connectivity index (χ1) is 13.1. The molecule has 1 fully saturated rings. The van der Waals surface area contributed by atoms with E-state index in [-0.39, 0.29) is 12.7 Å². The van der Waals surface area contributed by atoms with Gasteiger partial charge in [0.2, 0.25) is 0 Å². The molecule has 4 heteroatoms. The minimum Gasteiger partial charge on any atom is -0.488 e. The summed E-state index contributed by atoms with van der Waals surface area (Å²) >= 11 is 0. The predicted molar refractivity (Wildman–Crippen MR) is 107 cm³/mol. The molecule has 3 rings (SSSR count). The molecule has 152 valence electrons. The quantitative estimate of drug-likeness (QED) is 0.429. The number of rotatable bonds is 10. The lowest BCUT2D eigenvalue weighted by molar-refractivity contribution is -0.0682. The Kier molecular flexibility index (Phi) is 7.57. The molecule has 0 heterocycles. The number of ether oxygens (including phenoxy) is 1. The third-order valence-electron chi connectivity index (χ3n) is 6.67. The molecule has 1 saturated carbocycles. The highest BCUT2D eigenvalue weighted by molar-refractivity contribution is 5.43. The minimum absolute atomic E-state index is 0.0803. The molecule has 4 unspecified atom stereocenters. The van der Waals surface area contributed by atoms with Gasteiger partial charge in [0.1, 0.15) is 12.4 Å². The van der Waals surface area contributed by atoms with Crippen molar-refractivity contribution in [3.63, 3.8) is 0 Å². The highest BCUT2D eigenvalue weighted by Gasteiger charge is 2.39. The van der Waals surface area contributed by atoms with E-state index in [2.05, 4.69) is 13.0 Å². The van der Waals surface area contributed by atoms with Crippen LogP contribution >= 0.6 is 0 Å². The third-order valence-corrected chi connectivity index (χ3v) is 6.67. The van der Waals surface area contributed by atoms with Crippen LogP contribution in [0.25, 0.3) is 0 Å². The summed E-state index contributed by atoms with van der Waals surface area (Å²) in [5.74, 6) is 2.96. The Balaban J connectivity index is 1.56. The van der Waals surface area contributed by atoms with Crippen LogP contribution in [0.4, 0.5) is 0 Å². The summed E-state index contributed by atoms with van der Waals surface area (Å²) in [6.45, 7) is 2.12. The summed E-state index contributed by atoms with van der Waals surface area (Å²) in [7, 11) is 0. The zero-order chi connectivity index (χ0) is 19.2. The average Bonchev–Trinajstić information content (AvgIpc) is 3.05. The zero-order valence-corrected chi connectivity index (χ0v) is 16.6. The summed E-state index contributed by atoms with van der Waals surface area (Å²) in [5.41, 5.74) is 2.62. The van der Waals surface area contributed by atoms with E-state index >= 15 is 0 Å². The van der Waals surface area contributed by atoms with Crippen LogP contribution in [0.2, 0.25) is 0 Å². The fourth-order valence-electron chi connectivity index (χ4n) is 5.22. The molecule has 0 bridgehead atoms. The van der Waals surface area contributed by atoms with Crippen molar-refractivity contribution in [1.29, 1.82) is 0 Å². The molecule has 0 aliphatic heterocycles. The summed E-state index contributed by atoms with van der Waals surface area (Å²) in [6.07, 6.45) is 9.73. The summed E-state index contributed by atoms with van der Waals surface area (Å²) in [5, 5.41) is 28.4. The molecule has 3 N–H and O–H groups in total. The molecular formula is C23H36O4. The Morgan fingerprint density at radius 3 is 2.70 bits per heavy atom. The average molecular weight is 377 g/mol. The molecule has 0 aromatic heterocycles. The van der Waals surface area contributed by atoms with Crippen molar-refractivity contribution < 1.29 is 20.1 Å². The molecule has 0 radical (unpaired) electrons. The van der Waals surface area contributed by atoms with Crippen molar-refractivity contribution in [1.82, 2.24) is 0 Å². The molecule has 0 saturated heterocycles. The summed E-state index contributed by atoms with van der Waals surface area (Å²) in [4.78, 5) is 0. The molecule has 0 spiro atoms. The molecular weight excluding hydrogens is 340 g/mol. The number of aliphatic hydroxyl groups is 3. The van der Waals surface area contributed by atoms with E-state index in [1.165, 1.54) is 36.8 Å². The van der Waals surface area contributed by atoms with E-state index in [1.54, 1.807) is 0 Å². The summed E-state index contributed by atoms with van der Waals surface area (Å²) < 4.78 is 5.63. The Hall–Kier alpha value is -1.10. The van der Waals surface area contributed by atoms with Crippen molar-refractivity contribution in [2.45, 2.75) is 83.5 Å². The van der Waals surface area contributed by atoms with Gasteiger partial charge in [-0.1, -0.05) is 38.3 Å². The lowest BCUT2D eigenvalue weighted by atomic mass is 9.73. The topological polar surface area (TPSA) is 69.9 Å². The number of hydrogen-bond donors (Lipinski definition) is 3. The monoisotopic (exact) mass is 376 g/mol. The van der Waals surface area contributed by atoms with E-state index < -0.39 is 6.29 Å². The van der Waals surface area contributed by atoms with Gasteiger partial charge in [-0.05, 0) is 79.9 Å². The van der Waals surface area contributed by atoms with Crippen LogP contribution < -0.4 is 4.74 Å². The molecule has 2 aliphatic rings. The molecule has 27 heavy (non-hydrogen) atoms. The van der Waals surface area contributed by atoms with E-state index in [4.69, 9.17) is 14.9 Å². The van der Waals surface area contributed by atoms with Crippen LogP contribution in [-0.4, -0.2) is 34.3 Å². The third kappa shape index (κ3) is 5.46. The van der Waals surface area contributed by atoms with Crippen LogP contribution in [0, 0.1) is 17.8 Å². The fraction of sp³-hybridized carbons (Fsp3) is 0.739. The summed E-state index contributed by atoms with van der Waals surface area (Å²) in [6, 6.07) is 6.16. The van der Waals surface area contributed by atoms with Gasteiger partial charge in [0.15, 0.2) is 6.29 Å². The van der Waals surface area contributed by atoms with Crippen molar-refractivity contribution in [2.75, 3.05) is 6.61 Å². The van der Waals surface area contributed by atoms with E-state index in [0.29, 0.717) is 5.92 Å². The van der Waals surface area contributed by atoms with Gasteiger partial charge in [-0.25, -0.2) is 0 Å². The standard InChI is InChI=1S/C23H36O4/c1-2-3-4-7-19(24)12-11-16-9-10-18-14-21-17(13-20(16)18)6-5-8-22(21)27-15-23(25)26/h5-6,8,16,18-20,23-26H,2-4,7,9-15H2,1H3. The molecule has 4 nitrogen and oxygen atoms in total. The molecule has 2 aliphatic carbocycles. The van der Waals surface area contributed by atoms with Gasteiger partial charge in [0.05, 0.1) is 6.10 Å². The lowest BCUT2D eigenvalue weighted by Gasteiger charge is -2.32. The SMILES string of the molecule is CCCCCC(O)CCC1CCC2Cc3c(cccc3OCC(O)O)CC12. The molecule has 4 atom stereocenters. The first-order valence-corrected chi connectivity index (χ1v) is 10.9. The van der Waals surface area contributed by atoms with Gasteiger partial charge in [0, 0.05) is 0 Å². The number of hydrogen-bond acceptors (Lipinski definition) is 4. The minimum atomic E-state index is -1.43. The molecule has 1 aromatic rings. The largest absolute Gasteiger partial charge is 0.488 e. The van der Waals surface area contributed by atoms with Crippen molar-refractivity contribution in [3.8, 4) is 5.75 Å². The second-order valence-corrected chi connectivity index (χ2v) is 8.58. The Morgan fingerprint density at radius 2 is 1.93 bits per heavy atom. The number of fused-ring (bicyclic) bond motifs is 2. The second-order valence-electron chi connectivity index (χ2n) is 8.58. The number of unbranched alkanes of at least 4 members (excludes halogenated alkanes) is 2. The maximum absolute atomic E-state index is 10.3. The highest BCUT2D eigenvalue weighted by atomic mass is 16.5. The van der Waals surface area contributed by atoms with Gasteiger partial charge < -0.3 is 20.1 Å². The van der Waals surface area contributed by atoms with Crippen LogP contribution in [0.1, 0.15) is 69.4 Å². The van der Waals surface area contributed by atoms with Gasteiger partial charge in [0.25, 0.3) is 0 Å². The fourth-order valence-corrected chi connectivity index (χ4v) is 5.22. The van der Waals surface area contributed by atoms with Crippen LogP contribution in [-0.2, 0) is 12.8 Å². The van der Waals surface area contributed by atoms with Crippen LogP contribution in [0.5, 0.6) is 5.75 Å². The van der Waals surface area contributed by atoms with Crippen molar-refractivity contribution in [2.24, 2.45) is 17.8 Å². The van der Waals surface area contributed by atoms with Crippen LogP contribution in [0.3, 0.4) is 0 Å². The van der Waals surface area contributed by atoms with Gasteiger partial charge >= 0.3 is 0 Å². The Morgan fingerprint density at radius 1 is 1.07 bits per heavy atom. The lowest BCUT2D eigenvalue weighted by Crippen LogP contribution is -2.26. The maximum atomic E-state index is 10.3. The smallest absolute Gasteiger partial charge is 0.186 e. The number of benzene rings is 1. The second kappa shape index (κ2) is 9.90. The normalized spacial score (nSPS) is 25.3. The molecule has 0 amide bonds. The molecule has 1 aromatic carbocycles. The van der Waals surface area contributed by atoms with Crippen LogP contribution in [0.15, 0.2) is 18.2 Å². The van der Waals surface area contributed by atoms with Crippen molar-refractivity contribution >= 4 is 0 Å². The van der Waals surface area contributed by atoms with Gasteiger partial charge in [-0.2, -0.15) is 0 Å². The zero-order valence-electron chi connectivity index (χ0n) is 16.6. The first-order valence-electron chi connectivity index (χ1n) is 10.9. The number of aliphatic hydroxyl groups excluding tert-OH is 2.